The van der Waals surface area contributed by atoms with Crippen molar-refractivity contribution in [1.29, 1.82) is 0 Å². The number of rotatable bonds is 8. The zero-order valence-electron chi connectivity index (χ0n) is 19.9. The topological polar surface area (TPSA) is 125 Å². The van der Waals surface area contributed by atoms with Crippen molar-refractivity contribution in [3.05, 3.63) is 66.2 Å². The number of nitrogens with one attached hydrogen (secondary N) is 1. The Labute approximate surface area is 208 Å². The van der Waals surface area contributed by atoms with Crippen LogP contribution in [0.5, 0.6) is 0 Å². The van der Waals surface area contributed by atoms with Gasteiger partial charge in [-0.15, -0.1) is 0 Å². The van der Waals surface area contributed by atoms with Gasteiger partial charge in [-0.2, -0.15) is 18.3 Å². The first kappa shape index (κ1) is 29.3. The number of hydrazone groups is 1. The van der Waals surface area contributed by atoms with Crippen molar-refractivity contribution in [2.45, 2.75) is 38.7 Å². The zero-order chi connectivity index (χ0) is 27.1. The predicted octanol–water partition coefficient (Wildman–Crippen LogP) is 2.95. The van der Waals surface area contributed by atoms with Gasteiger partial charge in [0.1, 0.15) is 12.4 Å². The van der Waals surface area contributed by atoms with E-state index >= 15 is 0 Å². The van der Waals surface area contributed by atoms with Gasteiger partial charge in [-0.25, -0.2) is 30.8 Å². The normalized spacial score (nSPS) is 12.8. The number of benzene rings is 2. The molecule has 0 spiro atoms. The molecule has 36 heavy (non-hydrogen) atoms. The number of imidazole rings is 1. The van der Waals surface area contributed by atoms with Crippen LogP contribution in [0, 0.1) is 6.92 Å². The van der Waals surface area contributed by atoms with E-state index in [1.807, 2.05) is 73.4 Å². The molecule has 0 radical (unpaired) electrons. The van der Waals surface area contributed by atoms with Crippen LogP contribution in [0.25, 0.3) is 10.8 Å². The summed E-state index contributed by atoms with van der Waals surface area (Å²) in [5.74, 6) is 1.21. The third kappa shape index (κ3) is 8.60. The largest absolute Gasteiger partial charge is 0.741 e. The summed E-state index contributed by atoms with van der Waals surface area (Å²) in [6.07, 6.45) is 5.39. The van der Waals surface area contributed by atoms with Gasteiger partial charge in [-0.05, 0) is 42.2 Å². The summed E-state index contributed by atoms with van der Waals surface area (Å²) < 4.78 is 87.5. The molecule has 14 heteroatoms. The first-order chi connectivity index (χ1) is 16.6. The van der Waals surface area contributed by atoms with Crippen LogP contribution in [0.4, 0.5) is 13.2 Å². The lowest BCUT2D eigenvalue weighted by atomic mass is 10.0. The van der Waals surface area contributed by atoms with Crippen molar-refractivity contribution in [2.75, 3.05) is 5.75 Å². The van der Waals surface area contributed by atoms with Crippen LogP contribution < -0.4 is 9.40 Å². The Morgan fingerprint density at radius 3 is 2.25 bits per heavy atom. The summed E-state index contributed by atoms with van der Waals surface area (Å²) in [5.41, 5.74) is -4.10. The second-order valence-corrected chi connectivity index (χ2v) is 11.1. The Balaban J connectivity index is 0.000000493. The highest BCUT2D eigenvalue weighted by Crippen LogP contribution is 2.20. The van der Waals surface area contributed by atoms with Gasteiger partial charge >= 0.3 is 5.51 Å². The first-order valence-electron chi connectivity index (χ1n) is 10.7. The van der Waals surface area contributed by atoms with Crippen molar-refractivity contribution in [1.82, 2.24) is 9.40 Å². The van der Waals surface area contributed by atoms with Crippen LogP contribution in [0.3, 0.4) is 0 Å². The van der Waals surface area contributed by atoms with Gasteiger partial charge in [0.25, 0.3) is 5.82 Å². The summed E-state index contributed by atoms with van der Waals surface area (Å²) in [4.78, 5) is 2.37. The summed E-state index contributed by atoms with van der Waals surface area (Å²) in [7, 11) is -7.53. The second-order valence-electron chi connectivity index (χ2n) is 7.93. The van der Waals surface area contributed by atoms with Crippen LogP contribution in [0.1, 0.15) is 31.2 Å². The molecule has 1 aromatic heterocycles. The van der Waals surface area contributed by atoms with E-state index in [1.165, 1.54) is 0 Å². The molecule has 0 fully saturated rings. The Morgan fingerprint density at radius 1 is 1.08 bits per heavy atom. The van der Waals surface area contributed by atoms with E-state index in [1.54, 1.807) is 6.92 Å². The van der Waals surface area contributed by atoms with Gasteiger partial charge in [0.05, 0.1) is 25.1 Å². The molecule has 0 aliphatic carbocycles. The molecule has 0 bridgehead atoms. The number of hydrogen-bond acceptors (Lipinski definition) is 6. The molecular formula is C22H27F3N4O5S2. The molecule has 0 atom stereocenters. The van der Waals surface area contributed by atoms with Gasteiger partial charge in [-0.1, -0.05) is 36.4 Å². The third-order valence-electron chi connectivity index (χ3n) is 5.26. The monoisotopic (exact) mass is 548 g/mol. The predicted molar refractivity (Wildman–Crippen MR) is 128 cm³/mol. The summed E-state index contributed by atoms with van der Waals surface area (Å²) in [6, 6.07) is 14.0. The SMILES string of the molecule is C/C(=N/NS(=O)(=O)CCCCn1cc[n+](C)c1C)c1ccc2ccccc2c1.O=S(=O)([O-])C(F)(F)F. The van der Waals surface area contributed by atoms with E-state index in [-0.39, 0.29) is 5.75 Å². The van der Waals surface area contributed by atoms with Gasteiger partial charge in [0.15, 0.2) is 10.1 Å². The molecule has 1 N–H and O–H groups in total. The third-order valence-corrected chi connectivity index (χ3v) is 7.02. The zero-order valence-corrected chi connectivity index (χ0v) is 21.5. The highest BCUT2D eigenvalue weighted by atomic mass is 32.2. The fourth-order valence-electron chi connectivity index (χ4n) is 3.07. The maximum absolute atomic E-state index is 12.2. The summed E-state index contributed by atoms with van der Waals surface area (Å²) in [6.45, 7) is 4.66. The molecule has 0 aliphatic rings. The Hall–Kier alpha value is -2.97. The smallest absolute Gasteiger partial charge is 0.485 e. The number of hydrogen-bond donors (Lipinski definition) is 1. The number of unbranched alkanes of at least 4 members (excludes halogenated alkanes) is 1. The van der Waals surface area contributed by atoms with Crippen molar-refractivity contribution in [3.63, 3.8) is 0 Å². The van der Waals surface area contributed by atoms with E-state index in [0.29, 0.717) is 12.1 Å². The van der Waals surface area contributed by atoms with Crippen molar-refractivity contribution >= 4 is 36.6 Å². The van der Waals surface area contributed by atoms with Crippen molar-refractivity contribution in [3.8, 4) is 0 Å². The molecule has 2 aromatic carbocycles. The average molecular weight is 549 g/mol. The highest BCUT2D eigenvalue weighted by molar-refractivity contribution is 7.89. The Bertz CT molecular complexity index is 1430. The maximum Gasteiger partial charge on any atom is 0.485 e. The minimum absolute atomic E-state index is 0.0634. The van der Waals surface area contributed by atoms with E-state index in [2.05, 4.69) is 14.5 Å². The fraction of sp³-hybridized carbons (Fsp3) is 0.364. The maximum atomic E-state index is 12.2. The molecule has 1 heterocycles. The van der Waals surface area contributed by atoms with Crippen LogP contribution in [0.15, 0.2) is 60.0 Å². The number of alkyl halides is 3. The Kier molecular flexibility index (Phi) is 9.63. The lowest BCUT2D eigenvalue weighted by Gasteiger charge is -2.08. The van der Waals surface area contributed by atoms with Crippen molar-refractivity contribution in [2.24, 2.45) is 12.1 Å². The molecule has 0 amide bonds. The van der Waals surface area contributed by atoms with Crippen molar-refractivity contribution < 1.29 is 39.1 Å². The van der Waals surface area contributed by atoms with Crippen LogP contribution >= 0.6 is 0 Å². The molecule has 0 aliphatic heterocycles. The Morgan fingerprint density at radius 2 is 1.69 bits per heavy atom. The minimum Gasteiger partial charge on any atom is -0.741 e. The van der Waals surface area contributed by atoms with Crippen LogP contribution in [-0.4, -0.2) is 42.9 Å². The minimum atomic E-state index is -6.09. The molecule has 0 saturated heterocycles. The summed E-state index contributed by atoms with van der Waals surface area (Å²) >= 11 is 0. The summed E-state index contributed by atoms with van der Waals surface area (Å²) in [5, 5.41) is 6.34. The molecule has 3 rings (SSSR count). The second kappa shape index (κ2) is 11.8. The highest BCUT2D eigenvalue weighted by Gasteiger charge is 2.36. The van der Waals surface area contributed by atoms with E-state index in [4.69, 9.17) is 13.0 Å². The van der Waals surface area contributed by atoms with Gasteiger partial charge in [-0.3, -0.25) is 0 Å². The number of aromatic nitrogens is 2. The van der Waals surface area contributed by atoms with E-state index < -0.39 is 25.6 Å². The van der Waals surface area contributed by atoms with E-state index in [9.17, 15) is 21.6 Å². The quantitative estimate of drug-likeness (QED) is 0.116. The standard InChI is InChI=1S/C21H27N4O2S.CHF3O3S/c1-17(20-11-10-19-8-4-5-9-21(19)16-20)22-23-28(26,27)15-7-6-12-25-14-13-24(3)18(25)2;2-1(3,4)8(5,6)7/h4-5,8-11,13-14,16,23H,6-7,12,15H2,1-3H3;(H,5,6,7)/q+1;/p-1/b22-17-;. The number of halogens is 3. The van der Waals surface area contributed by atoms with Gasteiger partial charge < -0.3 is 4.55 Å². The molecule has 9 nitrogen and oxygen atoms in total. The average Bonchev–Trinajstić information content (AvgIpc) is 3.11. The number of sulfonamides is 1. The van der Waals surface area contributed by atoms with Crippen LogP contribution in [0.2, 0.25) is 0 Å². The lowest BCUT2D eigenvalue weighted by Crippen LogP contribution is -2.29. The molecule has 0 unspecified atom stereocenters. The van der Waals surface area contributed by atoms with E-state index in [0.717, 1.165) is 35.1 Å². The fourth-order valence-corrected chi connectivity index (χ4v) is 4.02. The molecule has 3 aromatic rings. The lowest BCUT2D eigenvalue weighted by molar-refractivity contribution is -0.677. The molecule has 0 saturated carbocycles. The molecular weight excluding hydrogens is 521 g/mol. The van der Waals surface area contributed by atoms with Crippen LogP contribution in [-0.2, 0) is 33.7 Å². The first-order valence-corrected chi connectivity index (χ1v) is 13.7. The van der Waals surface area contributed by atoms with Gasteiger partial charge in [0, 0.05) is 6.92 Å². The number of nitrogens with zero attached hydrogens (tertiary/aromatic N) is 3. The number of fused-ring (bicyclic) bond motifs is 1. The molecule has 198 valence electrons. The van der Waals surface area contributed by atoms with Gasteiger partial charge in [0.2, 0.25) is 10.0 Å². The number of aryl methyl sites for hydroxylation is 2.